The summed E-state index contributed by atoms with van der Waals surface area (Å²) in [5.74, 6) is 0. The van der Waals surface area contributed by atoms with Gasteiger partial charge >= 0.3 is 0 Å². The minimum atomic E-state index is -0.162. The maximum atomic E-state index is 5.63. The summed E-state index contributed by atoms with van der Waals surface area (Å²) in [5, 5.41) is 0. The number of hydrogen-bond acceptors (Lipinski definition) is 2. The van der Waals surface area contributed by atoms with E-state index in [4.69, 9.17) is 9.16 Å². The zero-order valence-electron chi connectivity index (χ0n) is 8.64. The summed E-state index contributed by atoms with van der Waals surface area (Å²) in [4.78, 5) is 0. The summed E-state index contributed by atoms with van der Waals surface area (Å²) in [5.41, 5.74) is 1.10. The lowest BCUT2D eigenvalue weighted by atomic mass is 10.1. The molecule has 14 heavy (non-hydrogen) atoms. The van der Waals surface area contributed by atoms with Crippen molar-refractivity contribution in [3.05, 3.63) is 48.6 Å². The van der Waals surface area contributed by atoms with E-state index in [-0.39, 0.29) is 12.4 Å². The Morgan fingerprint density at radius 3 is 2.50 bits per heavy atom. The highest BCUT2D eigenvalue weighted by Gasteiger charge is 2.10. The first-order valence-corrected chi connectivity index (χ1v) is 5.45. The summed E-state index contributed by atoms with van der Waals surface area (Å²) in [7, 11) is 0.684. The van der Waals surface area contributed by atoms with E-state index in [1.807, 2.05) is 37.3 Å². The molecular formula is C11H16O2Si. The van der Waals surface area contributed by atoms with Gasteiger partial charge in [-0.3, -0.25) is 0 Å². The Kier molecular flexibility index (Phi) is 4.59. The average Bonchev–Trinajstić information content (AvgIpc) is 2.26. The summed E-state index contributed by atoms with van der Waals surface area (Å²) >= 11 is 0. The van der Waals surface area contributed by atoms with E-state index in [1.165, 1.54) is 0 Å². The zero-order valence-corrected chi connectivity index (χ0v) is 10.6. The molecule has 0 aliphatic carbocycles. The molecule has 76 valence electrons. The van der Waals surface area contributed by atoms with Crippen molar-refractivity contribution in [1.82, 2.24) is 0 Å². The highest BCUT2D eigenvalue weighted by atomic mass is 28.2. The third-order valence-electron chi connectivity index (χ3n) is 2.01. The van der Waals surface area contributed by atoms with Gasteiger partial charge in [-0.25, -0.2) is 0 Å². The second-order valence-electron chi connectivity index (χ2n) is 3.01. The molecule has 1 rings (SSSR count). The van der Waals surface area contributed by atoms with E-state index in [9.17, 15) is 0 Å². The summed E-state index contributed by atoms with van der Waals surface area (Å²) in [6, 6.07) is 10.00. The molecular weight excluding hydrogens is 192 g/mol. The Bertz CT molecular complexity index is 274. The Labute approximate surface area is 88.1 Å². The SMILES string of the molecule is C=CC(OC(C)O[SiH3])c1ccccc1. The monoisotopic (exact) mass is 208 g/mol. The lowest BCUT2D eigenvalue weighted by molar-refractivity contribution is -0.0902. The molecule has 0 aliphatic rings. The Hall–Kier alpha value is -0.903. The van der Waals surface area contributed by atoms with Crippen molar-refractivity contribution in [2.45, 2.75) is 19.3 Å². The van der Waals surface area contributed by atoms with Crippen LogP contribution >= 0.6 is 0 Å². The van der Waals surface area contributed by atoms with Gasteiger partial charge in [0.05, 0.1) is 0 Å². The number of ether oxygens (including phenoxy) is 1. The van der Waals surface area contributed by atoms with Crippen LogP contribution in [0.4, 0.5) is 0 Å². The van der Waals surface area contributed by atoms with Crippen LogP contribution < -0.4 is 0 Å². The summed E-state index contributed by atoms with van der Waals surface area (Å²) in [6.07, 6.45) is 1.54. The molecule has 2 atom stereocenters. The lowest BCUT2D eigenvalue weighted by Gasteiger charge is -2.19. The maximum absolute atomic E-state index is 5.63. The van der Waals surface area contributed by atoms with Crippen molar-refractivity contribution < 1.29 is 9.16 Å². The van der Waals surface area contributed by atoms with Gasteiger partial charge in [0.2, 0.25) is 0 Å². The van der Waals surface area contributed by atoms with Gasteiger partial charge in [-0.1, -0.05) is 36.4 Å². The standard InChI is InChI=1S/C11H16O2Si/c1-3-11(12-9(2)13-14)10-7-5-4-6-8-10/h3-9,11H,1H2,2,14H3. The fraction of sp³-hybridized carbons (Fsp3) is 0.273. The van der Waals surface area contributed by atoms with Crippen LogP contribution in [0.5, 0.6) is 0 Å². The molecule has 0 heterocycles. The van der Waals surface area contributed by atoms with E-state index < -0.39 is 0 Å². The minimum absolute atomic E-state index is 0.0832. The topological polar surface area (TPSA) is 18.5 Å². The van der Waals surface area contributed by atoms with Gasteiger partial charge in [-0.2, -0.15) is 0 Å². The van der Waals surface area contributed by atoms with Crippen LogP contribution in [-0.2, 0) is 9.16 Å². The summed E-state index contributed by atoms with van der Waals surface area (Å²) < 4.78 is 10.8. The molecule has 0 aromatic heterocycles. The van der Waals surface area contributed by atoms with Crippen molar-refractivity contribution in [3.63, 3.8) is 0 Å². The molecule has 1 aromatic rings. The number of benzene rings is 1. The predicted octanol–water partition coefficient (Wildman–Crippen LogP) is 1.57. The van der Waals surface area contributed by atoms with Crippen LogP contribution in [0.3, 0.4) is 0 Å². The molecule has 0 aliphatic heterocycles. The van der Waals surface area contributed by atoms with Crippen LogP contribution in [0, 0.1) is 0 Å². The van der Waals surface area contributed by atoms with Gasteiger partial charge in [-0.05, 0) is 12.5 Å². The van der Waals surface area contributed by atoms with Gasteiger partial charge in [0.1, 0.15) is 22.9 Å². The smallest absolute Gasteiger partial charge is 0.149 e. The summed E-state index contributed by atoms with van der Waals surface area (Å²) in [6.45, 7) is 5.65. The Morgan fingerprint density at radius 1 is 1.36 bits per heavy atom. The normalized spacial score (nSPS) is 14.9. The van der Waals surface area contributed by atoms with Crippen LogP contribution in [0.25, 0.3) is 0 Å². The largest absolute Gasteiger partial charge is 0.404 e. The van der Waals surface area contributed by atoms with Crippen molar-refractivity contribution in [2.24, 2.45) is 0 Å². The van der Waals surface area contributed by atoms with Gasteiger partial charge in [0, 0.05) is 0 Å². The maximum Gasteiger partial charge on any atom is 0.149 e. The van der Waals surface area contributed by atoms with Gasteiger partial charge < -0.3 is 9.16 Å². The Balaban J connectivity index is 2.68. The van der Waals surface area contributed by atoms with Gasteiger partial charge in [0.15, 0.2) is 0 Å². The molecule has 0 radical (unpaired) electrons. The van der Waals surface area contributed by atoms with E-state index in [1.54, 1.807) is 6.08 Å². The van der Waals surface area contributed by atoms with E-state index >= 15 is 0 Å². The second kappa shape index (κ2) is 5.75. The molecule has 0 spiro atoms. The molecule has 0 saturated carbocycles. The molecule has 3 heteroatoms. The van der Waals surface area contributed by atoms with Gasteiger partial charge in [-0.15, -0.1) is 6.58 Å². The van der Waals surface area contributed by atoms with Gasteiger partial charge in [0.25, 0.3) is 0 Å². The first-order chi connectivity index (χ1) is 6.77. The molecule has 0 saturated heterocycles. The minimum Gasteiger partial charge on any atom is -0.404 e. The molecule has 0 fully saturated rings. The third kappa shape index (κ3) is 3.10. The van der Waals surface area contributed by atoms with E-state index in [2.05, 4.69) is 6.58 Å². The van der Waals surface area contributed by atoms with Crippen LogP contribution in [-0.4, -0.2) is 16.8 Å². The molecule has 2 nitrogen and oxygen atoms in total. The van der Waals surface area contributed by atoms with Crippen molar-refractivity contribution >= 4 is 10.5 Å². The fourth-order valence-corrected chi connectivity index (χ4v) is 1.29. The lowest BCUT2D eigenvalue weighted by Crippen LogP contribution is -2.14. The highest BCUT2D eigenvalue weighted by molar-refractivity contribution is 5.98. The van der Waals surface area contributed by atoms with E-state index in [0.717, 1.165) is 5.56 Å². The molecule has 0 bridgehead atoms. The zero-order chi connectivity index (χ0) is 10.4. The Morgan fingerprint density at radius 2 is 2.00 bits per heavy atom. The van der Waals surface area contributed by atoms with Crippen LogP contribution in [0.15, 0.2) is 43.0 Å². The molecule has 1 aromatic carbocycles. The quantitative estimate of drug-likeness (QED) is 0.415. The van der Waals surface area contributed by atoms with Crippen molar-refractivity contribution in [1.29, 1.82) is 0 Å². The second-order valence-corrected chi connectivity index (χ2v) is 3.48. The first kappa shape index (κ1) is 11.2. The van der Waals surface area contributed by atoms with Crippen LogP contribution in [0.2, 0.25) is 0 Å². The molecule has 0 N–H and O–H groups in total. The number of rotatable bonds is 5. The molecule has 0 amide bonds. The first-order valence-electron chi connectivity index (χ1n) is 4.63. The van der Waals surface area contributed by atoms with E-state index in [0.29, 0.717) is 10.5 Å². The van der Waals surface area contributed by atoms with Crippen molar-refractivity contribution in [2.75, 3.05) is 0 Å². The fourth-order valence-electron chi connectivity index (χ4n) is 1.17. The average molecular weight is 208 g/mol. The third-order valence-corrected chi connectivity index (χ3v) is 2.68. The highest BCUT2D eigenvalue weighted by Crippen LogP contribution is 2.19. The predicted molar refractivity (Wildman–Crippen MR) is 61.0 cm³/mol. The molecule has 2 unspecified atom stereocenters. The van der Waals surface area contributed by atoms with Crippen molar-refractivity contribution in [3.8, 4) is 0 Å². The number of hydrogen-bond donors (Lipinski definition) is 0. The van der Waals surface area contributed by atoms with Crippen LogP contribution in [0.1, 0.15) is 18.6 Å².